The quantitative estimate of drug-likeness (QED) is 0.829. The van der Waals surface area contributed by atoms with Crippen LogP contribution < -0.4 is 11.1 Å². The minimum absolute atomic E-state index is 0.0865. The van der Waals surface area contributed by atoms with Gasteiger partial charge in [-0.1, -0.05) is 13.3 Å². The first-order valence-electron chi connectivity index (χ1n) is 6.15. The summed E-state index contributed by atoms with van der Waals surface area (Å²) in [6, 6.07) is 0. The maximum Gasteiger partial charge on any atom is 0.228 e. The van der Waals surface area contributed by atoms with Crippen molar-refractivity contribution in [3.63, 3.8) is 0 Å². The summed E-state index contributed by atoms with van der Waals surface area (Å²) in [5, 5.41) is 7.13. The fourth-order valence-electron chi connectivity index (χ4n) is 2.54. The molecule has 0 aliphatic heterocycles. The number of nitrogens with two attached hydrogens (primary N) is 1. The first-order chi connectivity index (χ1) is 8.11. The zero-order valence-corrected chi connectivity index (χ0v) is 10.4. The Morgan fingerprint density at radius 3 is 3.00 bits per heavy atom. The molecule has 0 radical (unpaired) electrons. The summed E-state index contributed by atoms with van der Waals surface area (Å²) in [5.41, 5.74) is 6.50. The minimum atomic E-state index is 0.0865. The number of hydrogen-bond acceptors (Lipinski definition) is 3. The van der Waals surface area contributed by atoms with Gasteiger partial charge in [0.2, 0.25) is 5.91 Å². The van der Waals surface area contributed by atoms with Crippen molar-refractivity contribution in [2.75, 3.05) is 5.32 Å². The van der Waals surface area contributed by atoms with E-state index in [-0.39, 0.29) is 11.8 Å². The summed E-state index contributed by atoms with van der Waals surface area (Å²) in [6.45, 7) is 2.53. The van der Waals surface area contributed by atoms with Crippen LogP contribution in [0.1, 0.15) is 31.7 Å². The third kappa shape index (κ3) is 2.49. The van der Waals surface area contributed by atoms with Crippen LogP contribution in [0.15, 0.2) is 6.20 Å². The Morgan fingerprint density at radius 1 is 1.65 bits per heavy atom. The molecule has 5 heteroatoms. The standard InChI is InChI=1S/C12H20N4O/c1-8-4-3-5-10(8)12(17)14-11-9(6-13)7-16(2)15-11/h7-8,10H,3-6,13H2,1-2H3,(H,14,15,17). The van der Waals surface area contributed by atoms with Gasteiger partial charge in [-0.2, -0.15) is 5.10 Å². The molecule has 2 unspecified atom stereocenters. The second-order valence-electron chi connectivity index (χ2n) is 4.88. The van der Waals surface area contributed by atoms with Gasteiger partial charge in [0, 0.05) is 31.3 Å². The highest BCUT2D eigenvalue weighted by Crippen LogP contribution is 2.32. The molecular weight excluding hydrogens is 216 g/mol. The van der Waals surface area contributed by atoms with Crippen molar-refractivity contribution >= 4 is 11.7 Å². The Morgan fingerprint density at radius 2 is 2.41 bits per heavy atom. The highest BCUT2D eigenvalue weighted by Gasteiger charge is 2.30. The average molecular weight is 236 g/mol. The zero-order chi connectivity index (χ0) is 12.4. The van der Waals surface area contributed by atoms with Gasteiger partial charge in [0.25, 0.3) is 0 Å². The van der Waals surface area contributed by atoms with E-state index in [1.807, 2.05) is 13.2 Å². The van der Waals surface area contributed by atoms with Crippen LogP contribution in [0, 0.1) is 11.8 Å². The molecule has 1 aromatic heterocycles. The van der Waals surface area contributed by atoms with Crippen LogP contribution in [0.4, 0.5) is 5.82 Å². The number of nitrogens with one attached hydrogen (secondary N) is 1. The molecule has 1 aliphatic rings. The molecule has 1 saturated carbocycles. The van der Waals surface area contributed by atoms with Gasteiger partial charge < -0.3 is 11.1 Å². The van der Waals surface area contributed by atoms with Crippen LogP contribution in [-0.4, -0.2) is 15.7 Å². The van der Waals surface area contributed by atoms with Gasteiger partial charge in [-0.05, 0) is 18.8 Å². The smallest absolute Gasteiger partial charge is 0.228 e. The van der Waals surface area contributed by atoms with Crippen LogP contribution in [0.5, 0.6) is 0 Å². The third-order valence-corrected chi connectivity index (χ3v) is 3.56. The van der Waals surface area contributed by atoms with E-state index in [4.69, 9.17) is 5.73 Å². The van der Waals surface area contributed by atoms with E-state index < -0.39 is 0 Å². The van der Waals surface area contributed by atoms with Gasteiger partial charge in [0.1, 0.15) is 0 Å². The predicted molar refractivity (Wildman–Crippen MR) is 66.2 cm³/mol. The van der Waals surface area contributed by atoms with E-state index in [1.54, 1.807) is 4.68 Å². The topological polar surface area (TPSA) is 72.9 Å². The molecule has 2 rings (SSSR count). The monoisotopic (exact) mass is 236 g/mol. The largest absolute Gasteiger partial charge is 0.326 e. The van der Waals surface area contributed by atoms with Crippen molar-refractivity contribution < 1.29 is 4.79 Å². The minimum Gasteiger partial charge on any atom is -0.326 e. The van der Waals surface area contributed by atoms with Crippen LogP contribution in [0.3, 0.4) is 0 Å². The van der Waals surface area contributed by atoms with Crippen molar-refractivity contribution in [3.8, 4) is 0 Å². The highest BCUT2D eigenvalue weighted by molar-refractivity contribution is 5.92. The number of amides is 1. The van der Waals surface area contributed by atoms with E-state index in [0.717, 1.165) is 24.8 Å². The summed E-state index contributed by atoms with van der Waals surface area (Å²) in [6.07, 6.45) is 5.11. The fourth-order valence-corrected chi connectivity index (χ4v) is 2.54. The molecule has 0 bridgehead atoms. The number of carbonyl (C=O) groups excluding carboxylic acids is 1. The van der Waals surface area contributed by atoms with Gasteiger partial charge in [-0.25, -0.2) is 0 Å². The summed E-state index contributed by atoms with van der Waals surface area (Å²) in [4.78, 5) is 12.1. The molecule has 3 N–H and O–H groups in total. The number of anilines is 1. The van der Waals surface area contributed by atoms with Crippen molar-refractivity contribution in [1.82, 2.24) is 9.78 Å². The Bertz CT molecular complexity index is 413. The maximum atomic E-state index is 12.1. The molecule has 94 valence electrons. The van der Waals surface area contributed by atoms with Crippen LogP contribution in [-0.2, 0) is 18.4 Å². The summed E-state index contributed by atoms with van der Waals surface area (Å²) in [5.74, 6) is 1.30. The van der Waals surface area contributed by atoms with Gasteiger partial charge in [-0.3, -0.25) is 9.48 Å². The Labute approximate surface area is 101 Å². The van der Waals surface area contributed by atoms with Crippen LogP contribution >= 0.6 is 0 Å². The lowest BCUT2D eigenvalue weighted by Gasteiger charge is -2.14. The molecule has 1 heterocycles. The SMILES string of the molecule is CC1CCCC1C(=O)Nc1nn(C)cc1CN. The van der Waals surface area contributed by atoms with Crippen LogP contribution in [0.25, 0.3) is 0 Å². The number of nitrogens with zero attached hydrogens (tertiary/aromatic N) is 2. The number of hydrogen-bond donors (Lipinski definition) is 2. The second-order valence-corrected chi connectivity index (χ2v) is 4.88. The zero-order valence-electron chi connectivity index (χ0n) is 10.4. The van der Waals surface area contributed by atoms with Gasteiger partial charge >= 0.3 is 0 Å². The summed E-state index contributed by atoms with van der Waals surface area (Å²) >= 11 is 0. The number of aryl methyl sites for hydroxylation is 1. The van der Waals surface area contributed by atoms with E-state index in [9.17, 15) is 4.79 Å². The van der Waals surface area contributed by atoms with Gasteiger partial charge in [0.15, 0.2) is 5.82 Å². The molecule has 1 aromatic rings. The molecule has 1 aliphatic carbocycles. The molecular formula is C12H20N4O. The highest BCUT2D eigenvalue weighted by atomic mass is 16.2. The molecule has 1 amide bonds. The Kier molecular flexibility index (Phi) is 3.47. The lowest BCUT2D eigenvalue weighted by atomic mass is 9.97. The van der Waals surface area contributed by atoms with E-state index in [0.29, 0.717) is 18.3 Å². The van der Waals surface area contributed by atoms with Crippen molar-refractivity contribution in [2.24, 2.45) is 24.6 Å². The van der Waals surface area contributed by atoms with E-state index in [1.165, 1.54) is 0 Å². The van der Waals surface area contributed by atoms with Gasteiger partial charge in [-0.15, -0.1) is 0 Å². The maximum absolute atomic E-state index is 12.1. The lowest BCUT2D eigenvalue weighted by Crippen LogP contribution is -2.25. The molecule has 5 nitrogen and oxygen atoms in total. The molecule has 1 fully saturated rings. The fraction of sp³-hybridized carbons (Fsp3) is 0.667. The second kappa shape index (κ2) is 4.87. The number of aromatic nitrogens is 2. The number of carbonyl (C=O) groups is 1. The number of rotatable bonds is 3. The Balaban J connectivity index is 2.07. The molecule has 2 atom stereocenters. The Hall–Kier alpha value is -1.36. The lowest BCUT2D eigenvalue weighted by molar-refractivity contribution is -0.120. The van der Waals surface area contributed by atoms with Crippen LogP contribution in [0.2, 0.25) is 0 Å². The predicted octanol–water partition coefficient (Wildman–Crippen LogP) is 1.25. The van der Waals surface area contributed by atoms with Crippen molar-refractivity contribution in [3.05, 3.63) is 11.8 Å². The molecule has 0 spiro atoms. The first-order valence-corrected chi connectivity index (χ1v) is 6.15. The average Bonchev–Trinajstić information content (AvgIpc) is 2.84. The molecule has 17 heavy (non-hydrogen) atoms. The van der Waals surface area contributed by atoms with E-state index >= 15 is 0 Å². The van der Waals surface area contributed by atoms with Crippen molar-refractivity contribution in [1.29, 1.82) is 0 Å². The third-order valence-electron chi connectivity index (χ3n) is 3.56. The first kappa shape index (κ1) is 12.1. The van der Waals surface area contributed by atoms with E-state index in [2.05, 4.69) is 17.3 Å². The summed E-state index contributed by atoms with van der Waals surface area (Å²) in [7, 11) is 1.83. The summed E-state index contributed by atoms with van der Waals surface area (Å²) < 4.78 is 1.68. The molecule has 0 aromatic carbocycles. The normalized spacial score (nSPS) is 23.9. The van der Waals surface area contributed by atoms with Crippen molar-refractivity contribution in [2.45, 2.75) is 32.7 Å². The van der Waals surface area contributed by atoms with Gasteiger partial charge in [0.05, 0.1) is 0 Å². The molecule has 0 saturated heterocycles.